The molecule has 0 saturated carbocycles. The summed E-state index contributed by atoms with van der Waals surface area (Å²) in [7, 11) is 0. The first-order valence-electron chi connectivity index (χ1n) is 3.26. The normalized spacial score (nSPS) is 7.69. The molecule has 0 aliphatic heterocycles. The first-order chi connectivity index (χ1) is 5.54. The van der Waals surface area contributed by atoms with Crippen LogP contribution in [0.5, 0.6) is 0 Å². The molecule has 0 rings (SSSR count). The molecular formula is C6H12NiO2S4+2. The van der Waals surface area contributed by atoms with Crippen molar-refractivity contribution in [3.63, 3.8) is 0 Å². The molecule has 0 aromatic rings. The van der Waals surface area contributed by atoms with Crippen LogP contribution in [0.4, 0.5) is 0 Å². The van der Waals surface area contributed by atoms with Crippen LogP contribution in [0.25, 0.3) is 0 Å². The molecule has 0 spiro atoms. The maximum Gasteiger partial charge on any atom is 2.00 e. The Hall–Kier alpha value is 1.29. The average molecular weight is 303 g/mol. The molecule has 0 aromatic heterocycles. The van der Waals surface area contributed by atoms with E-state index in [4.69, 9.17) is 0 Å². The number of hydrogen-bond donors (Lipinski definition) is 0. The van der Waals surface area contributed by atoms with E-state index in [0.717, 1.165) is 0 Å². The molecule has 0 saturated heterocycles. The molecule has 0 aromatic carbocycles. The second-order valence-corrected chi connectivity index (χ2v) is 3.56. The van der Waals surface area contributed by atoms with E-state index >= 15 is 0 Å². The largest absolute Gasteiger partial charge is 2.00 e. The van der Waals surface area contributed by atoms with E-state index in [9.17, 15) is 0 Å². The minimum Gasteiger partial charge on any atom is -0.665 e. The molecule has 0 fully saturated rings. The monoisotopic (exact) mass is 302 g/mol. The zero-order chi connectivity index (χ0) is 9.98. The summed E-state index contributed by atoms with van der Waals surface area (Å²) in [6.07, 6.45) is 0. The van der Waals surface area contributed by atoms with E-state index in [1.165, 1.54) is 0 Å². The molecule has 0 N–H and O–H groups in total. The smallest absolute Gasteiger partial charge is 0.665 e. The van der Waals surface area contributed by atoms with Crippen LogP contribution in [0, 0.1) is 0 Å². The van der Waals surface area contributed by atoms with Crippen molar-refractivity contribution >= 4 is 58.5 Å². The van der Waals surface area contributed by atoms with E-state index in [1.807, 2.05) is 13.8 Å². The van der Waals surface area contributed by atoms with Crippen molar-refractivity contribution < 1.29 is 26.0 Å². The number of thiol groups is 2. The Bertz CT molecular complexity index is 127. The quantitative estimate of drug-likeness (QED) is 0.232. The van der Waals surface area contributed by atoms with Crippen molar-refractivity contribution in [1.29, 1.82) is 0 Å². The van der Waals surface area contributed by atoms with Gasteiger partial charge in [-0.15, -0.1) is 0 Å². The summed E-state index contributed by atoms with van der Waals surface area (Å²) in [5, 5.41) is 0. The summed E-state index contributed by atoms with van der Waals surface area (Å²) in [5.41, 5.74) is 0. The Morgan fingerprint density at radius 3 is 1.23 bits per heavy atom. The van der Waals surface area contributed by atoms with Crippen molar-refractivity contribution in [1.82, 2.24) is 0 Å². The van der Waals surface area contributed by atoms with Gasteiger partial charge in [-0.05, 0) is 13.8 Å². The second-order valence-electron chi connectivity index (χ2n) is 1.40. The molecule has 80 valence electrons. The van der Waals surface area contributed by atoms with Gasteiger partial charge in [-0.2, -0.15) is 0 Å². The van der Waals surface area contributed by atoms with Gasteiger partial charge in [-0.25, -0.2) is 0 Å². The van der Waals surface area contributed by atoms with Crippen LogP contribution in [0.2, 0.25) is 0 Å². The van der Waals surface area contributed by atoms with Gasteiger partial charge in [0, 0.05) is 0 Å². The molecule has 0 aliphatic rings. The predicted molar refractivity (Wildman–Crippen MR) is 65.5 cm³/mol. The first kappa shape index (κ1) is 19.8. The standard InChI is InChI=1S/2C3H6OS2.Ni/c2*1-2-4-3(5)6;/h2*2H2,1H3,(H,5,6);/q;;+2. The van der Waals surface area contributed by atoms with Gasteiger partial charge >= 0.3 is 16.5 Å². The molecule has 7 heteroatoms. The van der Waals surface area contributed by atoms with Gasteiger partial charge in [0.15, 0.2) is 33.2 Å². The molecule has 13 heavy (non-hydrogen) atoms. The average Bonchev–Trinajstić information content (AvgIpc) is 1.87. The fourth-order valence-corrected chi connectivity index (χ4v) is 0.741. The van der Waals surface area contributed by atoms with Gasteiger partial charge < -0.3 is 34.7 Å². The zero-order valence-electron chi connectivity index (χ0n) is 7.26. The van der Waals surface area contributed by atoms with Crippen LogP contribution in [0.3, 0.4) is 0 Å². The Morgan fingerprint density at radius 2 is 1.23 bits per heavy atom. The Balaban J connectivity index is -0.000000143. The third-order valence-corrected chi connectivity index (χ3v) is 1.03. The number of ether oxygens (including phenoxy) is 2. The fraction of sp³-hybridized carbons (Fsp3) is 0.667. The summed E-state index contributed by atoms with van der Waals surface area (Å²) in [5.74, 6) is 0. The van der Waals surface area contributed by atoms with Crippen molar-refractivity contribution in [2.24, 2.45) is 0 Å². The Labute approximate surface area is 111 Å². The Kier molecular flexibility index (Phi) is 24.0. The van der Waals surface area contributed by atoms with Crippen molar-refractivity contribution in [2.75, 3.05) is 13.2 Å². The molecule has 0 atom stereocenters. The molecule has 0 heterocycles. The summed E-state index contributed by atoms with van der Waals surface area (Å²) in [6.45, 7) is 4.95. The zero-order valence-corrected chi connectivity index (χ0v) is 11.7. The molecule has 0 aliphatic carbocycles. The van der Waals surface area contributed by atoms with Crippen LogP contribution in [0.1, 0.15) is 13.8 Å². The van der Waals surface area contributed by atoms with E-state index in [2.05, 4.69) is 59.2 Å². The maximum atomic E-state index is 4.64. The van der Waals surface area contributed by atoms with Crippen molar-refractivity contribution in [3.05, 3.63) is 0 Å². The van der Waals surface area contributed by atoms with Crippen LogP contribution in [-0.2, 0) is 75.7 Å². The maximum absolute atomic E-state index is 4.64. The topological polar surface area (TPSA) is 18.5 Å². The second kappa shape index (κ2) is 15.8. The SMILES string of the molecule is CCOC([S-])=[SH+].CCOC([S-])=[SH+].[Ni+2]. The predicted octanol–water partition coefficient (Wildman–Crippen LogP) is -0.130. The molecule has 0 radical (unpaired) electrons. The molecule has 0 amide bonds. The number of hydrogen-bond acceptors (Lipinski definition) is 4. The van der Waals surface area contributed by atoms with Crippen LogP contribution >= 0.6 is 0 Å². The minimum absolute atomic E-state index is 0. The van der Waals surface area contributed by atoms with Crippen molar-refractivity contribution in [3.8, 4) is 0 Å². The molecule has 0 unspecified atom stereocenters. The summed E-state index contributed by atoms with van der Waals surface area (Å²) >= 11 is 16.2. The van der Waals surface area contributed by atoms with Crippen molar-refractivity contribution in [2.45, 2.75) is 13.8 Å². The summed E-state index contributed by atoms with van der Waals surface area (Å²) in [4.78, 5) is 0. The van der Waals surface area contributed by atoms with Gasteiger partial charge in [-0.1, -0.05) is 0 Å². The van der Waals surface area contributed by atoms with Crippen LogP contribution in [-0.4, -0.2) is 22.0 Å². The van der Waals surface area contributed by atoms with Gasteiger partial charge in [0.1, 0.15) is 0 Å². The third-order valence-electron chi connectivity index (χ3n) is 0.536. The number of rotatable bonds is 2. The Morgan fingerprint density at radius 1 is 1.00 bits per heavy atom. The van der Waals surface area contributed by atoms with E-state index in [-0.39, 0.29) is 16.5 Å². The van der Waals surface area contributed by atoms with Gasteiger partial charge in [0.05, 0.1) is 13.2 Å². The fourth-order valence-electron chi connectivity index (χ4n) is 0.247. The summed E-state index contributed by atoms with van der Waals surface area (Å²) < 4.78 is 9.91. The van der Waals surface area contributed by atoms with Gasteiger partial charge in [0.25, 0.3) is 0 Å². The summed E-state index contributed by atoms with van der Waals surface area (Å²) in [6, 6.07) is 0. The van der Waals surface area contributed by atoms with Gasteiger partial charge in [-0.3, -0.25) is 0 Å². The van der Waals surface area contributed by atoms with E-state index in [0.29, 0.717) is 22.0 Å². The van der Waals surface area contributed by atoms with E-state index < -0.39 is 0 Å². The third kappa shape index (κ3) is 31.9. The molecule has 2 nitrogen and oxygen atoms in total. The van der Waals surface area contributed by atoms with Gasteiger partial charge in [0.2, 0.25) is 0 Å². The first-order valence-corrected chi connectivity index (χ1v) is 4.97. The molecule has 0 bridgehead atoms. The molecular weight excluding hydrogens is 291 g/mol. The van der Waals surface area contributed by atoms with E-state index in [1.54, 1.807) is 0 Å². The minimum atomic E-state index is 0. The van der Waals surface area contributed by atoms with Crippen LogP contribution in [0.15, 0.2) is 0 Å². The van der Waals surface area contributed by atoms with Crippen LogP contribution < -0.4 is 0 Å².